The standard InChI is InChI=1S/C21H30N4O4S2.ClH/c1-4-25(30(3,26)27)21-16-18(24-14-5-12-22-13-15-24)8-11-20(21)23-31(28,29)19-9-6-17(2)7-10-19;/h6-11,16,22-23H,4-5,12-15H2,1-3H3;1H. The first kappa shape index (κ1) is 26.2. The zero-order valence-corrected chi connectivity index (χ0v) is 21.0. The second-order valence-electron chi connectivity index (χ2n) is 7.64. The van der Waals surface area contributed by atoms with Gasteiger partial charge in [0.1, 0.15) is 0 Å². The highest BCUT2D eigenvalue weighted by Gasteiger charge is 2.24. The summed E-state index contributed by atoms with van der Waals surface area (Å²) in [6, 6.07) is 11.7. The third kappa shape index (κ3) is 6.28. The molecule has 1 aliphatic heterocycles. The van der Waals surface area contributed by atoms with Crippen LogP contribution in [0, 0.1) is 6.92 Å². The smallest absolute Gasteiger partial charge is 0.261 e. The predicted molar refractivity (Wildman–Crippen MR) is 133 cm³/mol. The molecular weight excluding hydrogens is 472 g/mol. The summed E-state index contributed by atoms with van der Waals surface area (Å²) in [6.07, 6.45) is 2.10. The van der Waals surface area contributed by atoms with Gasteiger partial charge in [-0.25, -0.2) is 16.8 Å². The van der Waals surface area contributed by atoms with E-state index in [-0.39, 0.29) is 29.5 Å². The van der Waals surface area contributed by atoms with Gasteiger partial charge >= 0.3 is 0 Å². The Hall–Kier alpha value is -2.01. The number of hydrogen-bond acceptors (Lipinski definition) is 6. The Morgan fingerprint density at radius 3 is 2.34 bits per heavy atom. The minimum atomic E-state index is -3.88. The van der Waals surface area contributed by atoms with Crippen molar-refractivity contribution in [3.8, 4) is 0 Å². The highest BCUT2D eigenvalue weighted by Crippen LogP contribution is 2.34. The van der Waals surface area contributed by atoms with Gasteiger partial charge < -0.3 is 10.2 Å². The van der Waals surface area contributed by atoms with Crippen LogP contribution in [0.5, 0.6) is 0 Å². The molecule has 11 heteroatoms. The van der Waals surface area contributed by atoms with Crippen LogP contribution in [0.15, 0.2) is 47.4 Å². The fourth-order valence-corrected chi connectivity index (χ4v) is 5.67. The fraction of sp³-hybridized carbons (Fsp3) is 0.429. The van der Waals surface area contributed by atoms with Crippen molar-refractivity contribution < 1.29 is 16.8 Å². The number of anilines is 3. The lowest BCUT2D eigenvalue weighted by molar-refractivity contribution is 0.596. The number of nitrogens with zero attached hydrogens (tertiary/aromatic N) is 2. The normalized spacial score (nSPS) is 14.9. The van der Waals surface area contributed by atoms with Gasteiger partial charge in [-0.15, -0.1) is 12.4 Å². The van der Waals surface area contributed by atoms with E-state index in [0.29, 0.717) is 5.69 Å². The second-order valence-corrected chi connectivity index (χ2v) is 11.2. The molecule has 8 nitrogen and oxygen atoms in total. The summed E-state index contributed by atoms with van der Waals surface area (Å²) in [5.41, 5.74) is 2.35. The molecule has 0 saturated carbocycles. The van der Waals surface area contributed by atoms with Crippen molar-refractivity contribution in [3.63, 3.8) is 0 Å². The summed E-state index contributed by atoms with van der Waals surface area (Å²) < 4.78 is 54.6. The summed E-state index contributed by atoms with van der Waals surface area (Å²) >= 11 is 0. The van der Waals surface area contributed by atoms with E-state index in [1.54, 1.807) is 31.2 Å². The first-order valence-electron chi connectivity index (χ1n) is 10.3. The minimum Gasteiger partial charge on any atom is -0.370 e. The van der Waals surface area contributed by atoms with E-state index in [4.69, 9.17) is 0 Å². The Labute approximate surface area is 197 Å². The number of benzene rings is 2. The zero-order chi connectivity index (χ0) is 22.6. The van der Waals surface area contributed by atoms with Crippen molar-refractivity contribution in [1.29, 1.82) is 0 Å². The third-order valence-corrected chi connectivity index (χ3v) is 7.86. The summed E-state index contributed by atoms with van der Waals surface area (Å²) in [5.74, 6) is 0. The summed E-state index contributed by atoms with van der Waals surface area (Å²) in [4.78, 5) is 2.30. The predicted octanol–water partition coefficient (Wildman–Crippen LogP) is 2.80. The van der Waals surface area contributed by atoms with Crippen molar-refractivity contribution in [3.05, 3.63) is 48.0 Å². The van der Waals surface area contributed by atoms with Crippen LogP contribution in [0.3, 0.4) is 0 Å². The summed E-state index contributed by atoms with van der Waals surface area (Å²) in [7, 11) is -7.48. The fourth-order valence-electron chi connectivity index (χ4n) is 3.62. The van der Waals surface area contributed by atoms with Crippen molar-refractivity contribution in [2.24, 2.45) is 0 Å². The number of halogens is 1. The molecule has 1 aliphatic rings. The molecule has 1 heterocycles. The Kier molecular flexibility index (Phi) is 8.81. The second kappa shape index (κ2) is 10.7. The minimum absolute atomic E-state index is 0. The van der Waals surface area contributed by atoms with Gasteiger partial charge in [0.15, 0.2) is 0 Å². The molecule has 2 aromatic rings. The van der Waals surface area contributed by atoms with Gasteiger partial charge in [0.05, 0.1) is 22.5 Å². The van der Waals surface area contributed by atoms with Crippen LogP contribution < -0.4 is 19.2 Å². The van der Waals surface area contributed by atoms with Crippen LogP contribution in [-0.4, -0.2) is 55.8 Å². The molecule has 1 fully saturated rings. The molecule has 0 aliphatic carbocycles. The van der Waals surface area contributed by atoms with E-state index in [9.17, 15) is 16.8 Å². The highest BCUT2D eigenvalue weighted by molar-refractivity contribution is 7.93. The van der Waals surface area contributed by atoms with Crippen LogP contribution in [0.2, 0.25) is 0 Å². The molecule has 0 unspecified atom stereocenters. The molecular formula is C21H31ClN4O4S2. The Balaban J connectivity index is 0.00000363. The number of rotatable bonds is 7. The van der Waals surface area contributed by atoms with E-state index in [0.717, 1.165) is 50.1 Å². The molecule has 1 saturated heterocycles. The Morgan fingerprint density at radius 1 is 1.03 bits per heavy atom. The van der Waals surface area contributed by atoms with Crippen LogP contribution >= 0.6 is 12.4 Å². The topological polar surface area (TPSA) is 98.8 Å². The van der Waals surface area contributed by atoms with Crippen LogP contribution in [0.25, 0.3) is 0 Å². The SMILES string of the molecule is CCN(c1cc(N2CCCNCC2)ccc1NS(=O)(=O)c1ccc(C)cc1)S(C)(=O)=O.Cl. The molecule has 0 radical (unpaired) electrons. The van der Waals surface area contributed by atoms with E-state index >= 15 is 0 Å². The molecule has 0 atom stereocenters. The number of nitrogens with one attached hydrogen (secondary N) is 2. The van der Waals surface area contributed by atoms with Crippen LogP contribution in [-0.2, 0) is 20.0 Å². The summed E-state index contributed by atoms with van der Waals surface area (Å²) in [6.45, 7) is 7.18. The first-order chi connectivity index (χ1) is 14.6. The van der Waals surface area contributed by atoms with E-state index < -0.39 is 20.0 Å². The maximum atomic E-state index is 13.0. The lowest BCUT2D eigenvalue weighted by Crippen LogP contribution is -2.32. The Bertz CT molecular complexity index is 1110. The number of aryl methyl sites for hydroxylation is 1. The van der Waals surface area contributed by atoms with Crippen LogP contribution in [0.1, 0.15) is 18.9 Å². The lowest BCUT2D eigenvalue weighted by Gasteiger charge is -2.28. The molecule has 0 amide bonds. The maximum absolute atomic E-state index is 13.0. The number of sulfonamides is 2. The molecule has 2 N–H and O–H groups in total. The molecule has 0 aromatic heterocycles. The quantitative estimate of drug-likeness (QED) is 0.604. The Morgan fingerprint density at radius 2 is 1.72 bits per heavy atom. The molecule has 178 valence electrons. The van der Waals surface area contributed by atoms with E-state index in [1.165, 1.54) is 16.4 Å². The zero-order valence-electron chi connectivity index (χ0n) is 18.5. The molecule has 0 bridgehead atoms. The van der Waals surface area contributed by atoms with Crippen molar-refractivity contribution in [2.75, 3.05) is 52.9 Å². The van der Waals surface area contributed by atoms with Gasteiger partial charge in [0.2, 0.25) is 10.0 Å². The molecule has 2 aromatic carbocycles. The van der Waals surface area contributed by atoms with Crippen molar-refractivity contribution >= 4 is 49.5 Å². The van der Waals surface area contributed by atoms with Crippen molar-refractivity contribution in [1.82, 2.24) is 5.32 Å². The maximum Gasteiger partial charge on any atom is 0.261 e. The summed E-state index contributed by atoms with van der Waals surface area (Å²) in [5, 5.41) is 3.34. The van der Waals surface area contributed by atoms with E-state index in [2.05, 4.69) is 14.9 Å². The average Bonchev–Trinajstić information content (AvgIpc) is 2.98. The third-order valence-electron chi connectivity index (χ3n) is 5.22. The molecule has 3 rings (SSSR count). The van der Waals surface area contributed by atoms with Crippen molar-refractivity contribution in [2.45, 2.75) is 25.2 Å². The molecule has 0 spiro atoms. The van der Waals surface area contributed by atoms with Gasteiger partial charge in [-0.05, 0) is 57.1 Å². The van der Waals surface area contributed by atoms with Gasteiger partial charge in [0.25, 0.3) is 10.0 Å². The number of hydrogen-bond donors (Lipinski definition) is 2. The van der Waals surface area contributed by atoms with Crippen LogP contribution in [0.4, 0.5) is 17.1 Å². The van der Waals surface area contributed by atoms with Gasteiger partial charge in [-0.2, -0.15) is 0 Å². The van der Waals surface area contributed by atoms with Gasteiger partial charge in [0, 0.05) is 31.9 Å². The average molecular weight is 503 g/mol. The monoisotopic (exact) mass is 502 g/mol. The molecule has 32 heavy (non-hydrogen) atoms. The highest BCUT2D eigenvalue weighted by atomic mass is 35.5. The largest absolute Gasteiger partial charge is 0.370 e. The first-order valence-corrected chi connectivity index (χ1v) is 13.6. The van der Waals surface area contributed by atoms with Gasteiger partial charge in [-0.3, -0.25) is 9.03 Å². The van der Waals surface area contributed by atoms with E-state index in [1.807, 2.05) is 13.0 Å². The lowest BCUT2D eigenvalue weighted by atomic mass is 10.2. The van der Waals surface area contributed by atoms with Gasteiger partial charge in [-0.1, -0.05) is 17.7 Å².